The third kappa shape index (κ3) is 3.87. The molecule has 3 rings (SSSR count). The van der Waals surface area contributed by atoms with Gasteiger partial charge in [0.05, 0.1) is 24.0 Å². The number of pyridine rings is 1. The lowest BCUT2D eigenvalue weighted by Crippen LogP contribution is -2.42. The minimum absolute atomic E-state index is 0.470. The van der Waals surface area contributed by atoms with Crippen LogP contribution in [0.25, 0.3) is 5.82 Å². The van der Waals surface area contributed by atoms with E-state index in [1.54, 1.807) is 17.1 Å². The zero-order valence-corrected chi connectivity index (χ0v) is 14.9. The molecule has 1 fully saturated rings. The van der Waals surface area contributed by atoms with E-state index in [1.807, 2.05) is 19.1 Å². The second-order valence-electron chi connectivity index (χ2n) is 6.38. The fourth-order valence-electron chi connectivity index (χ4n) is 2.81. The molecule has 2 aromatic heterocycles. The van der Waals surface area contributed by atoms with Crippen LogP contribution in [0.3, 0.4) is 0 Å². The van der Waals surface area contributed by atoms with E-state index >= 15 is 0 Å². The number of aliphatic imine (C=N–C) groups is 1. The number of piperidine rings is 1. The Morgan fingerprint density at radius 3 is 2.79 bits per heavy atom. The number of hydrogen-bond donors (Lipinski definition) is 1. The van der Waals surface area contributed by atoms with Crippen molar-refractivity contribution in [1.82, 2.24) is 19.7 Å². The molecule has 0 unspecified atom stereocenters. The van der Waals surface area contributed by atoms with Gasteiger partial charge in [0.15, 0.2) is 11.8 Å². The summed E-state index contributed by atoms with van der Waals surface area (Å²) < 4.78 is 1.68. The van der Waals surface area contributed by atoms with Crippen LogP contribution in [0.15, 0.2) is 29.5 Å². The first-order valence-electron chi connectivity index (χ1n) is 8.25. The van der Waals surface area contributed by atoms with Crippen LogP contribution in [0.2, 0.25) is 5.02 Å². The Hall–Kier alpha value is -2.08. The number of halogens is 1. The summed E-state index contributed by atoms with van der Waals surface area (Å²) in [6.07, 6.45) is 5.67. The molecule has 0 bridgehead atoms. The van der Waals surface area contributed by atoms with Crippen molar-refractivity contribution in [3.63, 3.8) is 0 Å². The summed E-state index contributed by atoms with van der Waals surface area (Å²) in [7, 11) is 0. The van der Waals surface area contributed by atoms with E-state index in [9.17, 15) is 0 Å². The Labute approximate surface area is 147 Å². The molecule has 0 amide bonds. The van der Waals surface area contributed by atoms with Crippen molar-refractivity contribution < 1.29 is 0 Å². The highest BCUT2D eigenvalue weighted by Crippen LogP contribution is 2.18. The normalized spacial score (nSPS) is 16.6. The van der Waals surface area contributed by atoms with Crippen molar-refractivity contribution in [3.8, 4) is 5.82 Å². The van der Waals surface area contributed by atoms with Gasteiger partial charge < -0.3 is 10.6 Å². The molecule has 1 aliphatic rings. The average Bonchev–Trinajstić information content (AvgIpc) is 3.00. The summed E-state index contributed by atoms with van der Waals surface area (Å²) in [5.41, 5.74) is 8.06. The van der Waals surface area contributed by atoms with Crippen molar-refractivity contribution in [3.05, 3.63) is 40.8 Å². The summed E-state index contributed by atoms with van der Waals surface area (Å²) in [5, 5.41) is 4.82. The van der Waals surface area contributed by atoms with E-state index in [0.29, 0.717) is 17.5 Å². The number of guanidine groups is 1. The molecule has 0 atom stereocenters. The predicted molar refractivity (Wildman–Crippen MR) is 96.4 cm³/mol. The van der Waals surface area contributed by atoms with Crippen LogP contribution in [0, 0.1) is 12.8 Å². The molecule has 128 valence electrons. The van der Waals surface area contributed by atoms with Crippen molar-refractivity contribution in [2.75, 3.05) is 13.1 Å². The molecule has 6 nitrogen and oxygen atoms in total. The maximum Gasteiger partial charge on any atom is 0.191 e. The maximum absolute atomic E-state index is 6.18. The molecule has 0 aromatic carbocycles. The topological polar surface area (TPSA) is 72.3 Å². The molecule has 0 saturated carbocycles. The third-order valence-corrected chi connectivity index (χ3v) is 4.58. The third-order valence-electron chi connectivity index (χ3n) is 4.38. The summed E-state index contributed by atoms with van der Waals surface area (Å²) in [6.45, 7) is 6.65. The Morgan fingerprint density at radius 2 is 2.12 bits per heavy atom. The highest BCUT2D eigenvalue weighted by Gasteiger charge is 2.17. The van der Waals surface area contributed by atoms with Crippen LogP contribution in [-0.4, -0.2) is 38.7 Å². The lowest BCUT2D eigenvalue weighted by Gasteiger charge is -2.31. The Kier molecular flexibility index (Phi) is 5.04. The zero-order valence-electron chi connectivity index (χ0n) is 14.1. The quantitative estimate of drug-likeness (QED) is 0.685. The van der Waals surface area contributed by atoms with Gasteiger partial charge in [0.25, 0.3) is 0 Å². The second-order valence-corrected chi connectivity index (χ2v) is 6.82. The molecule has 0 radical (unpaired) electrons. The molecular formula is C17H23ClN6. The van der Waals surface area contributed by atoms with E-state index in [2.05, 4.69) is 26.9 Å². The van der Waals surface area contributed by atoms with Gasteiger partial charge in [0.2, 0.25) is 0 Å². The number of aryl methyl sites for hydroxylation is 1. The monoisotopic (exact) mass is 346 g/mol. The summed E-state index contributed by atoms with van der Waals surface area (Å²) in [5.74, 6) is 2.11. The number of nitrogens with two attached hydrogens (primary N) is 1. The molecule has 3 heterocycles. The summed E-state index contributed by atoms with van der Waals surface area (Å²) in [6, 6.07) is 3.99. The highest BCUT2D eigenvalue weighted by molar-refractivity contribution is 6.30. The number of rotatable bonds is 3. The van der Waals surface area contributed by atoms with Gasteiger partial charge in [-0.05, 0) is 31.7 Å². The number of hydrogen-bond acceptors (Lipinski definition) is 3. The van der Waals surface area contributed by atoms with E-state index in [1.165, 1.54) is 12.8 Å². The molecule has 2 aromatic rings. The number of aromatic nitrogens is 3. The number of likely N-dealkylation sites (tertiary alicyclic amines) is 1. The molecule has 0 spiro atoms. The van der Waals surface area contributed by atoms with Gasteiger partial charge in [-0.1, -0.05) is 24.6 Å². The van der Waals surface area contributed by atoms with Crippen LogP contribution in [-0.2, 0) is 6.54 Å². The average molecular weight is 347 g/mol. The fraction of sp³-hybridized carbons (Fsp3) is 0.471. The van der Waals surface area contributed by atoms with Crippen molar-refractivity contribution in [1.29, 1.82) is 0 Å². The van der Waals surface area contributed by atoms with Gasteiger partial charge in [0.1, 0.15) is 0 Å². The summed E-state index contributed by atoms with van der Waals surface area (Å²) in [4.78, 5) is 11.3. The van der Waals surface area contributed by atoms with Crippen LogP contribution in [0.4, 0.5) is 0 Å². The van der Waals surface area contributed by atoms with Crippen LogP contribution in [0.5, 0.6) is 0 Å². The van der Waals surface area contributed by atoms with E-state index in [0.717, 1.165) is 36.1 Å². The number of nitrogens with zero attached hydrogens (tertiary/aromatic N) is 5. The first kappa shape index (κ1) is 16.8. The molecule has 1 aliphatic heterocycles. The van der Waals surface area contributed by atoms with Gasteiger partial charge in [0, 0.05) is 24.3 Å². The summed E-state index contributed by atoms with van der Waals surface area (Å²) >= 11 is 5.98. The van der Waals surface area contributed by atoms with Crippen LogP contribution in [0.1, 0.15) is 31.0 Å². The first-order chi connectivity index (χ1) is 11.5. The Bertz CT molecular complexity index is 730. The molecule has 7 heteroatoms. The van der Waals surface area contributed by atoms with Crippen molar-refractivity contribution >= 4 is 17.6 Å². The smallest absolute Gasteiger partial charge is 0.191 e. The minimum atomic E-state index is 0.470. The largest absolute Gasteiger partial charge is 0.370 e. The minimum Gasteiger partial charge on any atom is -0.370 e. The lowest BCUT2D eigenvalue weighted by atomic mass is 10.00. The van der Waals surface area contributed by atoms with Crippen LogP contribution < -0.4 is 5.73 Å². The highest BCUT2D eigenvalue weighted by atomic mass is 35.5. The molecule has 2 N–H and O–H groups in total. The SMILES string of the molecule is Cc1ccc(CN=C(N)N2CCC(C)CC2)c(-n2cc(Cl)cn2)n1. The van der Waals surface area contributed by atoms with Gasteiger partial charge in [-0.2, -0.15) is 5.10 Å². The van der Waals surface area contributed by atoms with Gasteiger partial charge in [-0.25, -0.2) is 14.7 Å². The first-order valence-corrected chi connectivity index (χ1v) is 8.62. The van der Waals surface area contributed by atoms with Gasteiger partial charge in [-0.3, -0.25) is 0 Å². The van der Waals surface area contributed by atoms with E-state index in [-0.39, 0.29) is 0 Å². The van der Waals surface area contributed by atoms with Gasteiger partial charge >= 0.3 is 0 Å². The van der Waals surface area contributed by atoms with Gasteiger partial charge in [-0.15, -0.1) is 0 Å². The van der Waals surface area contributed by atoms with E-state index < -0.39 is 0 Å². The van der Waals surface area contributed by atoms with Crippen molar-refractivity contribution in [2.24, 2.45) is 16.6 Å². The molecule has 0 aliphatic carbocycles. The van der Waals surface area contributed by atoms with E-state index in [4.69, 9.17) is 17.3 Å². The second kappa shape index (κ2) is 7.21. The van der Waals surface area contributed by atoms with Crippen LogP contribution >= 0.6 is 11.6 Å². The molecule has 1 saturated heterocycles. The maximum atomic E-state index is 6.18. The fourth-order valence-corrected chi connectivity index (χ4v) is 2.95. The lowest BCUT2D eigenvalue weighted by molar-refractivity contribution is 0.277. The Morgan fingerprint density at radius 1 is 1.38 bits per heavy atom. The Balaban J connectivity index is 1.78. The predicted octanol–water partition coefficient (Wildman–Crippen LogP) is 2.78. The molecule has 24 heavy (non-hydrogen) atoms. The zero-order chi connectivity index (χ0) is 17.1. The molecular weight excluding hydrogens is 324 g/mol. The standard InChI is InChI=1S/C17H23ClN6/c1-12-5-7-23(8-6-12)17(19)20-9-14-4-3-13(2)22-16(14)24-11-15(18)10-21-24/h3-4,10-12H,5-9H2,1-2H3,(H2,19,20). The van der Waals surface area contributed by atoms with Crippen molar-refractivity contribution in [2.45, 2.75) is 33.2 Å².